The van der Waals surface area contributed by atoms with Gasteiger partial charge in [0.05, 0.1) is 5.56 Å². The molecule has 2 heterocycles. The zero-order valence-electron chi connectivity index (χ0n) is 14.1. The summed E-state index contributed by atoms with van der Waals surface area (Å²) >= 11 is 1.91. The van der Waals surface area contributed by atoms with E-state index in [4.69, 9.17) is 4.74 Å². The van der Waals surface area contributed by atoms with Crippen LogP contribution in [-0.2, 0) is 0 Å². The number of rotatable bonds is 10. The molecular weight excluding hydrogens is 308 g/mol. The molecule has 0 spiro atoms. The van der Waals surface area contributed by atoms with Crippen LogP contribution in [0, 0.1) is 0 Å². The van der Waals surface area contributed by atoms with Crippen LogP contribution in [0.25, 0.3) is 0 Å². The molecule has 4 nitrogen and oxygen atoms in total. The van der Waals surface area contributed by atoms with E-state index in [-0.39, 0.29) is 12.0 Å². The number of unbranched alkanes of at least 4 members (excludes halogenated alkanes) is 5. The number of amides is 1. The first-order valence-corrected chi connectivity index (χ1v) is 9.93. The highest BCUT2D eigenvalue weighted by molar-refractivity contribution is 7.99. The first-order valence-electron chi connectivity index (χ1n) is 8.78. The molecule has 128 valence electrons. The van der Waals surface area contributed by atoms with Gasteiger partial charge in [-0.25, -0.2) is 4.98 Å². The molecule has 1 N–H and O–H groups in total. The molecule has 1 atom stereocenters. The normalized spacial score (nSPS) is 17.2. The summed E-state index contributed by atoms with van der Waals surface area (Å²) in [7, 11) is 0. The molecule has 0 radical (unpaired) electrons. The summed E-state index contributed by atoms with van der Waals surface area (Å²) in [5.74, 6) is 2.75. The molecule has 0 saturated carbocycles. The molecule has 1 aromatic rings. The molecule has 2 rings (SSSR count). The number of aromatic nitrogens is 1. The van der Waals surface area contributed by atoms with Crippen molar-refractivity contribution in [3.8, 4) is 5.88 Å². The smallest absolute Gasteiger partial charge is 0.252 e. The van der Waals surface area contributed by atoms with Crippen LogP contribution >= 0.6 is 11.8 Å². The van der Waals surface area contributed by atoms with Gasteiger partial charge >= 0.3 is 0 Å². The minimum Gasteiger partial charge on any atom is -0.473 e. The summed E-state index contributed by atoms with van der Waals surface area (Å²) in [4.78, 5) is 16.3. The maximum absolute atomic E-state index is 12.0. The highest BCUT2D eigenvalue weighted by atomic mass is 32.2. The topological polar surface area (TPSA) is 51.2 Å². The monoisotopic (exact) mass is 336 g/mol. The van der Waals surface area contributed by atoms with Gasteiger partial charge in [0.25, 0.3) is 5.91 Å². The zero-order chi connectivity index (χ0) is 16.3. The quantitative estimate of drug-likeness (QED) is 0.655. The Morgan fingerprint density at radius 3 is 2.83 bits per heavy atom. The molecule has 1 fully saturated rings. The molecule has 0 aromatic carbocycles. The molecule has 1 unspecified atom stereocenters. The van der Waals surface area contributed by atoms with Crippen LogP contribution in [-0.4, -0.2) is 35.0 Å². The lowest BCUT2D eigenvalue weighted by Gasteiger charge is -2.11. The van der Waals surface area contributed by atoms with E-state index in [0.29, 0.717) is 11.4 Å². The van der Waals surface area contributed by atoms with E-state index in [2.05, 4.69) is 17.2 Å². The maximum atomic E-state index is 12.0. The average molecular weight is 337 g/mol. The van der Waals surface area contributed by atoms with Gasteiger partial charge < -0.3 is 10.1 Å². The SMILES string of the molecule is CCCCCCCCNC(=O)c1ccc(OC2CCSC2)nc1. The summed E-state index contributed by atoms with van der Waals surface area (Å²) in [6.07, 6.45) is 10.3. The highest BCUT2D eigenvalue weighted by Gasteiger charge is 2.17. The third-order valence-electron chi connectivity index (χ3n) is 3.99. The Hall–Kier alpha value is -1.23. The predicted molar refractivity (Wildman–Crippen MR) is 96.3 cm³/mol. The molecule has 1 aliphatic heterocycles. The number of hydrogen-bond acceptors (Lipinski definition) is 4. The summed E-state index contributed by atoms with van der Waals surface area (Å²) in [6, 6.07) is 3.59. The van der Waals surface area contributed by atoms with Gasteiger partial charge in [0.1, 0.15) is 6.10 Å². The molecule has 5 heteroatoms. The van der Waals surface area contributed by atoms with Gasteiger partial charge in [-0.2, -0.15) is 11.8 Å². The molecular formula is C18H28N2O2S. The van der Waals surface area contributed by atoms with Gasteiger partial charge in [-0.1, -0.05) is 39.0 Å². The van der Waals surface area contributed by atoms with Gasteiger partial charge in [0.15, 0.2) is 0 Å². The number of hydrogen-bond donors (Lipinski definition) is 1. The number of thioether (sulfide) groups is 1. The second-order valence-corrected chi connectivity index (χ2v) is 7.16. The van der Waals surface area contributed by atoms with Crippen LogP contribution in [0.2, 0.25) is 0 Å². The molecule has 1 amide bonds. The van der Waals surface area contributed by atoms with Gasteiger partial charge in [-0.15, -0.1) is 0 Å². The summed E-state index contributed by atoms with van der Waals surface area (Å²) in [5.41, 5.74) is 0.601. The van der Waals surface area contributed by atoms with Crippen molar-refractivity contribution >= 4 is 17.7 Å². The van der Waals surface area contributed by atoms with Crippen LogP contribution in [0.5, 0.6) is 5.88 Å². The lowest BCUT2D eigenvalue weighted by Crippen LogP contribution is -2.24. The van der Waals surface area contributed by atoms with E-state index in [1.54, 1.807) is 18.3 Å². The lowest BCUT2D eigenvalue weighted by molar-refractivity contribution is 0.0952. The van der Waals surface area contributed by atoms with Crippen LogP contribution < -0.4 is 10.1 Å². The fourth-order valence-corrected chi connectivity index (χ4v) is 3.66. The summed E-state index contributed by atoms with van der Waals surface area (Å²) in [5, 5.41) is 2.96. The molecule has 1 saturated heterocycles. The lowest BCUT2D eigenvalue weighted by atomic mass is 10.1. The Balaban J connectivity index is 1.64. The first-order chi connectivity index (χ1) is 11.3. The summed E-state index contributed by atoms with van der Waals surface area (Å²) in [6.45, 7) is 2.96. The van der Waals surface area contributed by atoms with Crippen molar-refractivity contribution in [2.45, 2.75) is 58.0 Å². The van der Waals surface area contributed by atoms with Crippen molar-refractivity contribution in [1.29, 1.82) is 0 Å². The highest BCUT2D eigenvalue weighted by Crippen LogP contribution is 2.21. The average Bonchev–Trinajstić information content (AvgIpc) is 3.07. The Bertz CT molecular complexity index is 459. The fraction of sp³-hybridized carbons (Fsp3) is 0.667. The number of carbonyl (C=O) groups is 1. The van der Waals surface area contributed by atoms with E-state index in [9.17, 15) is 4.79 Å². The Morgan fingerprint density at radius 1 is 1.30 bits per heavy atom. The Labute approximate surface area is 143 Å². The first kappa shape index (κ1) is 18.1. The minimum atomic E-state index is -0.0472. The fourth-order valence-electron chi connectivity index (χ4n) is 2.57. The zero-order valence-corrected chi connectivity index (χ0v) is 14.9. The predicted octanol–water partition coefficient (Wildman–Crippen LogP) is 4.06. The van der Waals surface area contributed by atoms with E-state index >= 15 is 0 Å². The Kier molecular flexibility index (Phi) is 8.29. The number of pyridine rings is 1. The molecule has 0 bridgehead atoms. The van der Waals surface area contributed by atoms with Gasteiger partial charge in [-0.3, -0.25) is 4.79 Å². The maximum Gasteiger partial charge on any atom is 0.252 e. The van der Waals surface area contributed by atoms with Crippen LogP contribution in [0.4, 0.5) is 0 Å². The van der Waals surface area contributed by atoms with E-state index in [1.807, 2.05) is 11.8 Å². The second kappa shape index (κ2) is 10.5. The number of nitrogens with one attached hydrogen (secondary N) is 1. The third-order valence-corrected chi connectivity index (χ3v) is 5.12. The van der Waals surface area contributed by atoms with Crippen LogP contribution in [0.15, 0.2) is 18.3 Å². The van der Waals surface area contributed by atoms with Gasteiger partial charge in [-0.05, 0) is 24.7 Å². The number of ether oxygens (including phenoxy) is 1. The molecule has 0 aliphatic carbocycles. The van der Waals surface area contributed by atoms with E-state index in [1.165, 1.54) is 32.1 Å². The minimum absolute atomic E-state index is 0.0472. The summed E-state index contributed by atoms with van der Waals surface area (Å²) < 4.78 is 5.79. The van der Waals surface area contributed by atoms with Crippen molar-refractivity contribution in [2.75, 3.05) is 18.1 Å². The Morgan fingerprint density at radius 2 is 2.13 bits per heavy atom. The molecule has 1 aliphatic rings. The largest absolute Gasteiger partial charge is 0.473 e. The number of carbonyl (C=O) groups excluding carboxylic acids is 1. The van der Waals surface area contributed by atoms with Crippen molar-refractivity contribution in [3.63, 3.8) is 0 Å². The van der Waals surface area contributed by atoms with Crippen molar-refractivity contribution in [3.05, 3.63) is 23.9 Å². The van der Waals surface area contributed by atoms with Crippen molar-refractivity contribution in [2.24, 2.45) is 0 Å². The standard InChI is InChI=1S/C18H28N2O2S/c1-2-3-4-5-6-7-11-19-18(21)15-8-9-17(20-13-15)22-16-10-12-23-14-16/h8-9,13,16H,2-7,10-12,14H2,1H3,(H,19,21). The van der Waals surface area contributed by atoms with Crippen LogP contribution in [0.3, 0.4) is 0 Å². The van der Waals surface area contributed by atoms with E-state index in [0.717, 1.165) is 30.9 Å². The second-order valence-electron chi connectivity index (χ2n) is 6.01. The number of nitrogens with zero attached hydrogens (tertiary/aromatic N) is 1. The van der Waals surface area contributed by atoms with Crippen molar-refractivity contribution < 1.29 is 9.53 Å². The third kappa shape index (κ3) is 6.81. The molecule has 1 aromatic heterocycles. The van der Waals surface area contributed by atoms with Gasteiger partial charge in [0, 0.05) is 24.6 Å². The van der Waals surface area contributed by atoms with E-state index < -0.39 is 0 Å². The van der Waals surface area contributed by atoms with Crippen LogP contribution in [0.1, 0.15) is 62.2 Å². The molecule has 23 heavy (non-hydrogen) atoms. The van der Waals surface area contributed by atoms with Crippen molar-refractivity contribution in [1.82, 2.24) is 10.3 Å². The van der Waals surface area contributed by atoms with Gasteiger partial charge in [0.2, 0.25) is 5.88 Å².